The van der Waals surface area contributed by atoms with E-state index in [0.717, 1.165) is 66.7 Å². The minimum absolute atomic E-state index is 0.0167. The lowest BCUT2D eigenvalue weighted by Gasteiger charge is -2.33. The SMILES string of the molecule is CCOc1ccc(CN2CCC[C@@H](c3cc(N(C)C)nc(-c4cccnc4)n3)C2)cc1CO. The number of anilines is 1. The molecule has 4 rings (SSSR count). The van der Waals surface area contributed by atoms with Crippen LogP contribution in [0.2, 0.25) is 0 Å². The van der Waals surface area contributed by atoms with Gasteiger partial charge < -0.3 is 14.7 Å². The summed E-state index contributed by atoms with van der Waals surface area (Å²) in [7, 11) is 4.02. The van der Waals surface area contributed by atoms with Gasteiger partial charge in [-0.15, -0.1) is 0 Å². The molecule has 1 aliphatic heterocycles. The van der Waals surface area contributed by atoms with Crippen molar-refractivity contribution in [2.24, 2.45) is 0 Å². The van der Waals surface area contributed by atoms with E-state index in [1.807, 2.05) is 50.3 Å². The summed E-state index contributed by atoms with van der Waals surface area (Å²) in [6, 6.07) is 12.2. The van der Waals surface area contributed by atoms with Crippen LogP contribution in [0.3, 0.4) is 0 Å². The Balaban J connectivity index is 1.54. The monoisotopic (exact) mass is 447 g/mol. The summed E-state index contributed by atoms with van der Waals surface area (Å²) < 4.78 is 5.63. The molecule has 0 aliphatic carbocycles. The maximum Gasteiger partial charge on any atom is 0.163 e. The van der Waals surface area contributed by atoms with Crippen LogP contribution in [0.4, 0.5) is 5.82 Å². The van der Waals surface area contributed by atoms with Crippen LogP contribution in [0.15, 0.2) is 48.8 Å². The first-order valence-corrected chi connectivity index (χ1v) is 11.6. The molecule has 3 aromatic rings. The lowest BCUT2D eigenvalue weighted by molar-refractivity contribution is 0.198. The molecule has 1 saturated heterocycles. The molecule has 33 heavy (non-hydrogen) atoms. The van der Waals surface area contributed by atoms with Crippen molar-refractivity contribution in [1.82, 2.24) is 19.9 Å². The first kappa shape index (κ1) is 23.1. The van der Waals surface area contributed by atoms with Crippen molar-refractivity contribution >= 4 is 5.82 Å². The number of rotatable bonds is 8. The molecule has 0 bridgehead atoms. The van der Waals surface area contributed by atoms with E-state index in [1.165, 1.54) is 5.56 Å². The Morgan fingerprint density at radius 2 is 2.06 bits per heavy atom. The number of hydrogen-bond donors (Lipinski definition) is 1. The molecule has 0 spiro atoms. The van der Waals surface area contributed by atoms with Crippen LogP contribution in [0.1, 0.15) is 42.5 Å². The maximum absolute atomic E-state index is 9.74. The highest BCUT2D eigenvalue weighted by atomic mass is 16.5. The number of ether oxygens (including phenoxy) is 1. The molecule has 174 valence electrons. The molecule has 1 atom stereocenters. The third-order valence-electron chi connectivity index (χ3n) is 6.04. The molecule has 3 heterocycles. The highest BCUT2D eigenvalue weighted by Gasteiger charge is 2.24. The van der Waals surface area contributed by atoms with Crippen LogP contribution >= 0.6 is 0 Å². The molecule has 0 unspecified atom stereocenters. The minimum atomic E-state index is -0.0167. The fourth-order valence-electron chi connectivity index (χ4n) is 4.36. The third kappa shape index (κ3) is 5.67. The van der Waals surface area contributed by atoms with Crippen LogP contribution < -0.4 is 9.64 Å². The summed E-state index contributed by atoms with van der Waals surface area (Å²) in [5.41, 5.74) is 4.05. The molecule has 2 aromatic heterocycles. The molecule has 1 fully saturated rings. The van der Waals surface area contributed by atoms with Crippen LogP contribution in [0, 0.1) is 0 Å². The fraction of sp³-hybridized carbons (Fsp3) is 0.423. The Morgan fingerprint density at radius 3 is 2.79 bits per heavy atom. The normalized spacial score (nSPS) is 16.5. The molecule has 1 N–H and O–H groups in total. The molecule has 0 radical (unpaired) electrons. The summed E-state index contributed by atoms with van der Waals surface area (Å²) in [4.78, 5) is 18.5. The van der Waals surface area contributed by atoms with Crippen LogP contribution in [0.25, 0.3) is 11.4 Å². The third-order valence-corrected chi connectivity index (χ3v) is 6.04. The van der Waals surface area contributed by atoms with Gasteiger partial charge in [-0.1, -0.05) is 6.07 Å². The largest absolute Gasteiger partial charge is 0.494 e. The van der Waals surface area contributed by atoms with E-state index in [0.29, 0.717) is 12.5 Å². The Hall–Kier alpha value is -3.03. The van der Waals surface area contributed by atoms with Gasteiger partial charge in [-0.25, -0.2) is 9.97 Å². The number of benzene rings is 1. The summed E-state index contributed by atoms with van der Waals surface area (Å²) >= 11 is 0. The Morgan fingerprint density at radius 1 is 1.18 bits per heavy atom. The topological polar surface area (TPSA) is 74.6 Å². The predicted molar refractivity (Wildman–Crippen MR) is 130 cm³/mol. The number of aliphatic hydroxyl groups excluding tert-OH is 1. The molecule has 1 aliphatic rings. The van der Waals surface area contributed by atoms with Crippen LogP contribution in [-0.2, 0) is 13.2 Å². The van der Waals surface area contributed by atoms with Crippen molar-refractivity contribution in [3.05, 3.63) is 65.6 Å². The molecule has 0 amide bonds. The fourth-order valence-corrected chi connectivity index (χ4v) is 4.36. The van der Waals surface area contributed by atoms with Crippen molar-refractivity contribution in [2.45, 2.75) is 38.8 Å². The van der Waals surface area contributed by atoms with E-state index in [1.54, 1.807) is 6.20 Å². The Labute approximate surface area is 196 Å². The highest BCUT2D eigenvalue weighted by Crippen LogP contribution is 2.30. The van der Waals surface area contributed by atoms with E-state index in [4.69, 9.17) is 14.7 Å². The van der Waals surface area contributed by atoms with Gasteiger partial charge in [-0.2, -0.15) is 0 Å². The smallest absolute Gasteiger partial charge is 0.163 e. The number of aromatic nitrogens is 3. The van der Waals surface area contributed by atoms with Gasteiger partial charge in [0.1, 0.15) is 11.6 Å². The number of pyridine rings is 1. The molecule has 7 nitrogen and oxygen atoms in total. The summed E-state index contributed by atoms with van der Waals surface area (Å²) in [6.07, 6.45) is 5.81. The van der Waals surface area contributed by atoms with Gasteiger partial charge in [0.15, 0.2) is 5.82 Å². The highest BCUT2D eigenvalue weighted by molar-refractivity contribution is 5.56. The first-order valence-electron chi connectivity index (χ1n) is 11.6. The zero-order valence-electron chi connectivity index (χ0n) is 19.7. The van der Waals surface area contributed by atoms with E-state index >= 15 is 0 Å². The molecule has 0 saturated carbocycles. The number of piperidine rings is 1. The predicted octanol–water partition coefficient (Wildman–Crippen LogP) is 3.88. The van der Waals surface area contributed by atoms with Gasteiger partial charge in [0, 0.05) is 62.7 Å². The van der Waals surface area contributed by atoms with Crippen LogP contribution in [0.5, 0.6) is 5.75 Å². The lowest BCUT2D eigenvalue weighted by atomic mass is 9.93. The zero-order valence-corrected chi connectivity index (χ0v) is 19.7. The first-order chi connectivity index (χ1) is 16.1. The van der Waals surface area contributed by atoms with E-state index in [-0.39, 0.29) is 6.61 Å². The van der Waals surface area contributed by atoms with Crippen molar-refractivity contribution in [3.63, 3.8) is 0 Å². The number of likely N-dealkylation sites (tertiary alicyclic amines) is 1. The quantitative estimate of drug-likeness (QED) is 0.562. The van der Waals surface area contributed by atoms with Gasteiger partial charge >= 0.3 is 0 Å². The van der Waals surface area contributed by atoms with E-state index in [9.17, 15) is 5.11 Å². The van der Waals surface area contributed by atoms with Gasteiger partial charge in [-0.05, 0) is 56.1 Å². The van der Waals surface area contributed by atoms with E-state index < -0.39 is 0 Å². The second-order valence-corrected chi connectivity index (χ2v) is 8.72. The van der Waals surface area contributed by atoms with E-state index in [2.05, 4.69) is 28.1 Å². The number of hydrogen-bond acceptors (Lipinski definition) is 7. The molecule has 1 aromatic carbocycles. The molecule has 7 heteroatoms. The van der Waals surface area contributed by atoms with Gasteiger partial charge in [0.25, 0.3) is 0 Å². The van der Waals surface area contributed by atoms with Gasteiger partial charge in [-0.3, -0.25) is 9.88 Å². The van der Waals surface area contributed by atoms with Gasteiger partial charge in [0.2, 0.25) is 0 Å². The summed E-state index contributed by atoms with van der Waals surface area (Å²) in [5, 5.41) is 9.74. The standard InChI is InChI=1S/C26H33N5O2/c1-4-33-24-10-9-19(13-22(24)18-32)16-31-12-6-8-21(17-31)23-14-25(30(2)3)29-26(28-23)20-7-5-11-27-15-20/h5,7,9-11,13-15,21,32H,4,6,8,12,16-18H2,1-3H3/t21-/m1/s1. The minimum Gasteiger partial charge on any atom is -0.494 e. The van der Waals surface area contributed by atoms with Crippen molar-refractivity contribution < 1.29 is 9.84 Å². The Bertz CT molecular complexity index is 1060. The second kappa shape index (κ2) is 10.7. The number of nitrogens with zero attached hydrogens (tertiary/aromatic N) is 5. The van der Waals surface area contributed by atoms with Gasteiger partial charge in [0.05, 0.1) is 18.9 Å². The molecular formula is C26H33N5O2. The average Bonchev–Trinajstić information content (AvgIpc) is 2.85. The maximum atomic E-state index is 9.74. The zero-order chi connectivity index (χ0) is 23.2. The van der Waals surface area contributed by atoms with Crippen molar-refractivity contribution in [1.29, 1.82) is 0 Å². The number of aliphatic hydroxyl groups is 1. The van der Waals surface area contributed by atoms with Crippen molar-refractivity contribution in [2.75, 3.05) is 38.7 Å². The second-order valence-electron chi connectivity index (χ2n) is 8.72. The summed E-state index contributed by atoms with van der Waals surface area (Å²) in [5.74, 6) is 2.74. The van der Waals surface area contributed by atoms with Crippen LogP contribution in [-0.4, -0.2) is 58.8 Å². The average molecular weight is 448 g/mol. The Kier molecular flexibility index (Phi) is 7.52. The molecular weight excluding hydrogens is 414 g/mol. The lowest BCUT2D eigenvalue weighted by Crippen LogP contribution is -2.34. The summed E-state index contributed by atoms with van der Waals surface area (Å²) in [6.45, 7) is 5.37. The van der Waals surface area contributed by atoms with Crippen molar-refractivity contribution in [3.8, 4) is 17.1 Å².